The van der Waals surface area contributed by atoms with Crippen LogP contribution in [0.5, 0.6) is 0 Å². The van der Waals surface area contributed by atoms with Crippen LogP contribution in [0.1, 0.15) is 11.6 Å². The van der Waals surface area contributed by atoms with E-state index in [-0.39, 0.29) is 17.5 Å². The van der Waals surface area contributed by atoms with Crippen LogP contribution in [-0.2, 0) is 14.8 Å². The molecule has 1 fully saturated rings. The van der Waals surface area contributed by atoms with Gasteiger partial charge in [0.2, 0.25) is 10.0 Å². The summed E-state index contributed by atoms with van der Waals surface area (Å²) in [6.07, 6.45) is 0. The predicted molar refractivity (Wildman–Crippen MR) is 93.2 cm³/mol. The second-order valence-electron chi connectivity index (χ2n) is 5.88. The lowest BCUT2D eigenvalue weighted by molar-refractivity contribution is 0.0172. The molecular weight excluding hydrogens is 343 g/mol. The summed E-state index contributed by atoms with van der Waals surface area (Å²) in [7, 11) is -3.77. The largest absolute Gasteiger partial charge is 0.379 e. The third-order valence-corrected chi connectivity index (χ3v) is 5.67. The average Bonchev–Trinajstić information content (AvgIpc) is 2.64. The molecule has 0 spiro atoms. The van der Waals surface area contributed by atoms with E-state index in [1.54, 1.807) is 0 Å². The molecule has 1 aliphatic heterocycles. The lowest BCUT2D eigenvalue weighted by Gasteiger charge is -2.34. The lowest BCUT2D eigenvalue weighted by Crippen LogP contribution is -2.43. The maximum atomic E-state index is 13.3. The van der Waals surface area contributed by atoms with Gasteiger partial charge in [-0.15, -0.1) is 0 Å². The number of ether oxygens (including phenoxy) is 1. The molecule has 0 aromatic heterocycles. The summed E-state index contributed by atoms with van der Waals surface area (Å²) in [4.78, 5) is 2.13. The molecule has 0 amide bonds. The molecule has 0 unspecified atom stereocenters. The minimum atomic E-state index is -3.77. The number of hydrogen-bond donors (Lipinski definition) is 1. The molecule has 2 aromatic carbocycles. The third-order valence-electron chi connectivity index (χ3n) is 4.24. The first-order chi connectivity index (χ1) is 12.1. The van der Waals surface area contributed by atoms with Crippen molar-refractivity contribution in [3.8, 4) is 0 Å². The molecule has 134 valence electrons. The van der Waals surface area contributed by atoms with E-state index in [1.807, 2.05) is 30.3 Å². The van der Waals surface area contributed by atoms with E-state index in [0.29, 0.717) is 13.2 Å². The molecule has 1 atom stereocenters. The number of hydrogen-bond acceptors (Lipinski definition) is 4. The molecule has 2 aromatic rings. The molecule has 0 aliphatic carbocycles. The third kappa shape index (κ3) is 4.64. The summed E-state index contributed by atoms with van der Waals surface area (Å²) in [5.41, 5.74) is 1.03. The van der Waals surface area contributed by atoms with Crippen LogP contribution in [0.4, 0.5) is 4.39 Å². The first-order valence-corrected chi connectivity index (χ1v) is 9.66. The average molecular weight is 364 g/mol. The van der Waals surface area contributed by atoms with Crippen LogP contribution >= 0.6 is 0 Å². The van der Waals surface area contributed by atoms with Gasteiger partial charge in [-0.3, -0.25) is 4.90 Å². The van der Waals surface area contributed by atoms with Crippen LogP contribution < -0.4 is 4.72 Å². The Kier molecular flexibility index (Phi) is 5.80. The van der Waals surface area contributed by atoms with Gasteiger partial charge in [0.1, 0.15) is 5.82 Å². The zero-order valence-corrected chi connectivity index (χ0v) is 14.6. The first-order valence-electron chi connectivity index (χ1n) is 8.18. The van der Waals surface area contributed by atoms with E-state index >= 15 is 0 Å². The smallest absolute Gasteiger partial charge is 0.240 e. The van der Waals surface area contributed by atoms with Gasteiger partial charge >= 0.3 is 0 Å². The van der Waals surface area contributed by atoms with E-state index < -0.39 is 15.8 Å². The van der Waals surface area contributed by atoms with Crippen molar-refractivity contribution in [2.24, 2.45) is 0 Å². The van der Waals surface area contributed by atoms with E-state index in [9.17, 15) is 12.8 Å². The van der Waals surface area contributed by atoms with Gasteiger partial charge in [0.15, 0.2) is 0 Å². The van der Waals surface area contributed by atoms with E-state index in [1.165, 1.54) is 18.2 Å². The summed E-state index contributed by atoms with van der Waals surface area (Å²) in [6, 6.07) is 14.7. The Morgan fingerprint density at radius 1 is 1.08 bits per heavy atom. The van der Waals surface area contributed by atoms with Crippen molar-refractivity contribution in [3.05, 3.63) is 66.0 Å². The zero-order valence-electron chi connectivity index (χ0n) is 13.8. The minimum Gasteiger partial charge on any atom is -0.379 e. The van der Waals surface area contributed by atoms with Crippen LogP contribution in [-0.4, -0.2) is 46.2 Å². The lowest BCUT2D eigenvalue weighted by atomic mass is 10.1. The predicted octanol–water partition coefficient (Wildman–Crippen LogP) is 2.18. The first kappa shape index (κ1) is 18.0. The second kappa shape index (κ2) is 8.05. The highest BCUT2D eigenvalue weighted by Crippen LogP contribution is 2.22. The molecular formula is C18H21FN2O3S. The van der Waals surface area contributed by atoms with Gasteiger partial charge in [-0.1, -0.05) is 36.4 Å². The Morgan fingerprint density at radius 3 is 2.48 bits per heavy atom. The fourth-order valence-corrected chi connectivity index (χ4v) is 4.00. The van der Waals surface area contributed by atoms with Crippen LogP contribution in [0.25, 0.3) is 0 Å². The van der Waals surface area contributed by atoms with Crippen LogP contribution in [0.3, 0.4) is 0 Å². The number of nitrogens with zero attached hydrogens (tertiary/aromatic N) is 1. The summed E-state index contributed by atoms with van der Waals surface area (Å²) in [6.45, 7) is 2.94. The number of rotatable bonds is 6. The van der Waals surface area contributed by atoms with Gasteiger partial charge in [-0.2, -0.15) is 0 Å². The molecule has 7 heteroatoms. The highest BCUT2D eigenvalue weighted by Gasteiger charge is 2.25. The van der Waals surface area contributed by atoms with Gasteiger partial charge in [-0.25, -0.2) is 17.5 Å². The monoisotopic (exact) mass is 364 g/mol. The van der Waals surface area contributed by atoms with Gasteiger partial charge in [0, 0.05) is 25.7 Å². The van der Waals surface area contributed by atoms with Crippen molar-refractivity contribution in [1.29, 1.82) is 0 Å². The van der Waals surface area contributed by atoms with Crippen molar-refractivity contribution < 1.29 is 17.5 Å². The fourth-order valence-electron chi connectivity index (χ4n) is 2.93. The Balaban J connectivity index is 1.78. The number of halogens is 1. The number of morpholine rings is 1. The summed E-state index contributed by atoms with van der Waals surface area (Å²) >= 11 is 0. The maximum absolute atomic E-state index is 13.3. The van der Waals surface area contributed by atoms with Crippen LogP contribution in [0.2, 0.25) is 0 Å². The number of nitrogens with one attached hydrogen (secondary N) is 1. The molecule has 0 saturated carbocycles. The minimum absolute atomic E-state index is 0.0683. The zero-order chi connectivity index (χ0) is 17.7. The van der Waals surface area contributed by atoms with Gasteiger partial charge in [0.05, 0.1) is 18.1 Å². The van der Waals surface area contributed by atoms with Crippen molar-refractivity contribution in [2.75, 3.05) is 32.8 Å². The van der Waals surface area contributed by atoms with Crippen molar-refractivity contribution in [1.82, 2.24) is 9.62 Å². The highest BCUT2D eigenvalue weighted by atomic mass is 32.2. The van der Waals surface area contributed by atoms with E-state index in [0.717, 1.165) is 24.7 Å². The molecule has 25 heavy (non-hydrogen) atoms. The molecule has 0 radical (unpaired) electrons. The van der Waals surface area contributed by atoms with Crippen molar-refractivity contribution in [3.63, 3.8) is 0 Å². The Morgan fingerprint density at radius 2 is 1.80 bits per heavy atom. The summed E-state index contributed by atoms with van der Waals surface area (Å²) < 4.78 is 46.3. The number of sulfonamides is 1. The van der Waals surface area contributed by atoms with Crippen molar-refractivity contribution in [2.45, 2.75) is 10.9 Å². The van der Waals surface area contributed by atoms with Crippen LogP contribution in [0, 0.1) is 5.82 Å². The summed E-state index contributed by atoms with van der Waals surface area (Å²) in [5.74, 6) is -0.573. The SMILES string of the molecule is O=S(=O)(NC[C@H](c1ccccc1)N1CCOCC1)c1cccc(F)c1. The second-order valence-corrected chi connectivity index (χ2v) is 7.65. The molecule has 1 saturated heterocycles. The van der Waals surface area contributed by atoms with Crippen molar-refractivity contribution >= 4 is 10.0 Å². The topological polar surface area (TPSA) is 58.6 Å². The quantitative estimate of drug-likeness (QED) is 0.854. The summed E-state index contributed by atoms with van der Waals surface area (Å²) in [5, 5.41) is 0. The van der Waals surface area contributed by atoms with E-state index in [2.05, 4.69) is 9.62 Å². The van der Waals surface area contributed by atoms with Gasteiger partial charge in [-0.05, 0) is 23.8 Å². The maximum Gasteiger partial charge on any atom is 0.240 e. The normalized spacial score (nSPS) is 17.3. The van der Waals surface area contributed by atoms with E-state index in [4.69, 9.17) is 4.74 Å². The molecule has 1 aliphatic rings. The molecule has 3 rings (SSSR count). The number of benzene rings is 2. The Hall–Kier alpha value is -1.80. The van der Waals surface area contributed by atoms with Gasteiger partial charge in [0.25, 0.3) is 0 Å². The Bertz CT molecular complexity index is 793. The Labute approximate surface area is 147 Å². The van der Waals surface area contributed by atoms with Crippen LogP contribution in [0.15, 0.2) is 59.5 Å². The molecule has 1 heterocycles. The fraction of sp³-hybridized carbons (Fsp3) is 0.333. The molecule has 5 nitrogen and oxygen atoms in total. The molecule has 0 bridgehead atoms. The van der Waals surface area contributed by atoms with Gasteiger partial charge < -0.3 is 4.74 Å². The standard InChI is InChI=1S/C18H21FN2O3S/c19-16-7-4-8-17(13-16)25(22,23)20-14-18(15-5-2-1-3-6-15)21-9-11-24-12-10-21/h1-8,13,18,20H,9-12,14H2/t18-/m1/s1. The highest BCUT2D eigenvalue weighted by molar-refractivity contribution is 7.89. The molecule has 1 N–H and O–H groups in total.